The van der Waals surface area contributed by atoms with Gasteiger partial charge in [-0.25, -0.2) is 0 Å². The summed E-state index contributed by atoms with van der Waals surface area (Å²) < 4.78 is 5.95. The zero-order chi connectivity index (χ0) is 18.6. The number of hydrogen-bond donors (Lipinski definition) is 2. The van der Waals surface area contributed by atoms with Crippen LogP contribution in [0.1, 0.15) is 60.6 Å². The summed E-state index contributed by atoms with van der Waals surface area (Å²) in [5.41, 5.74) is 2.00. The second-order valence-corrected chi connectivity index (χ2v) is 7.14. The van der Waals surface area contributed by atoms with Gasteiger partial charge in [-0.05, 0) is 55.9 Å². The Morgan fingerprint density at radius 3 is 2.78 bits per heavy atom. The fraction of sp³-hybridized carbons (Fsp3) is 0.381. The van der Waals surface area contributed by atoms with Gasteiger partial charge in [0.1, 0.15) is 11.4 Å². The summed E-state index contributed by atoms with van der Waals surface area (Å²) in [5.74, 6) is 0.474. The highest BCUT2D eigenvalue weighted by Crippen LogP contribution is 2.26. The van der Waals surface area contributed by atoms with Crippen molar-refractivity contribution in [2.45, 2.75) is 50.7 Å². The molecule has 2 aromatic rings. The minimum atomic E-state index is -0.278. The standard InChI is InChI=1S/C21H23N3O3/c25-20-9-8-18(24-20)14-4-3-5-15(12-14)23-21(26)19-13-17(10-11-22-19)27-16-6-1-2-7-16/h3-5,10-13,16,18H,1-2,6-9H2,(H,23,26)(H,24,25). The van der Waals surface area contributed by atoms with E-state index in [1.165, 1.54) is 12.8 Å². The minimum Gasteiger partial charge on any atom is -0.490 e. The quantitative estimate of drug-likeness (QED) is 0.848. The molecule has 4 rings (SSSR count). The van der Waals surface area contributed by atoms with Crippen LogP contribution in [0.15, 0.2) is 42.6 Å². The number of pyridine rings is 1. The van der Waals surface area contributed by atoms with E-state index in [4.69, 9.17) is 4.74 Å². The van der Waals surface area contributed by atoms with Gasteiger partial charge in [0.2, 0.25) is 5.91 Å². The number of anilines is 1. The van der Waals surface area contributed by atoms with Gasteiger partial charge in [-0.3, -0.25) is 14.6 Å². The molecule has 1 aliphatic heterocycles. The first-order valence-corrected chi connectivity index (χ1v) is 9.51. The lowest BCUT2D eigenvalue weighted by atomic mass is 10.0. The van der Waals surface area contributed by atoms with Gasteiger partial charge in [0, 0.05) is 24.4 Å². The van der Waals surface area contributed by atoms with Gasteiger partial charge >= 0.3 is 0 Å². The lowest BCUT2D eigenvalue weighted by molar-refractivity contribution is -0.119. The highest BCUT2D eigenvalue weighted by atomic mass is 16.5. The third-order valence-electron chi connectivity index (χ3n) is 5.11. The zero-order valence-corrected chi connectivity index (χ0v) is 15.1. The molecule has 6 heteroatoms. The average molecular weight is 365 g/mol. The Balaban J connectivity index is 1.43. The van der Waals surface area contributed by atoms with Crippen LogP contribution in [-0.4, -0.2) is 22.9 Å². The molecule has 27 heavy (non-hydrogen) atoms. The highest BCUT2D eigenvalue weighted by Gasteiger charge is 2.22. The number of ether oxygens (including phenoxy) is 1. The van der Waals surface area contributed by atoms with E-state index in [0.29, 0.717) is 23.6 Å². The number of rotatable bonds is 5. The van der Waals surface area contributed by atoms with Crippen molar-refractivity contribution in [3.05, 3.63) is 53.9 Å². The molecule has 2 N–H and O–H groups in total. The molecule has 2 aliphatic rings. The smallest absolute Gasteiger partial charge is 0.274 e. The van der Waals surface area contributed by atoms with E-state index in [2.05, 4.69) is 15.6 Å². The van der Waals surface area contributed by atoms with Gasteiger partial charge < -0.3 is 15.4 Å². The van der Waals surface area contributed by atoms with Crippen molar-refractivity contribution >= 4 is 17.5 Å². The summed E-state index contributed by atoms with van der Waals surface area (Å²) in [7, 11) is 0. The summed E-state index contributed by atoms with van der Waals surface area (Å²) in [5, 5.41) is 5.83. The maximum absolute atomic E-state index is 12.6. The summed E-state index contributed by atoms with van der Waals surface area (Å²) >= 11 is 0. The Morgan fingerprint density at radius 1 is 1.15 bits per heavy atom. The van der Waals surface area contributed by atoms with E-state index in [9.17, 15) is 9.59 Å². The molecule has 0 bridgehead atoms. The van der Waals surface area contributed by atoms with Crippen LogP contribution in [0.3, 0.4) is 0 Å². The molecule has 6 nitrogen and oxygen atoms in total. The lowest BCUT2D eigenvalue weighted by Gasteiger charge is -2.14. The largest absolute Gasteiger partial charge is 0.490 e. The molecule has 2 heterocycles. The maximum atomic E-state index is 12.6. The van der Waals surface area contributed by atoms with Crippen molar-refractivity contribution in [2.24, 2.45) is 0 Å². The van der Waals surface area contributed by atoms with Crippen molar-refractivity contribution in [3.8, 4) is 5.75 Å². The van der Waals surface area contributed by atoms with Crippen LogP contribution < -0.4 is 15.4 Å². The van der Waals surface area contributed by atoms with Crippen LogP contribution >= 0.6 is 0 Å². The van der Waals surface area contributed by atoms with E-state index in [0.717, 1.165) is 24.8 Å². The number of nitrogens with one attached hydrogen (secondary N) is 2. The molecule has 1 aromatic carbocycles. The number of carbonyl (C=O) groups excluding carboxylic acids is 2. The Labute approximate surface area is 158 Å². The lowest BCUT2D eigenvalue weighted by Crippen LogP contribution is -2.19. The van der Waals surface area contributed by atoms with Gasteiger partial charge in [-0.1, -0.05) is 12.1 Å². The Kier molecular flexibility index (Phi) is 5.05. The van der Waals surface area contributed by atoms with Gasteiger partial charge in [0.25, 0.3) is 5.91 Å². The summed E-state index contributed by atoms with van der Waals surface area (Å²) in [6, 6.07) is 11.1. The highest BCUT2D eigenvalue weighted by molar-refractivity contribution is 6.03. The SMILES string of the molecule is O=C1CCC(c2cccc(NC(=O)c3cc(OC4CCCC4)ccn3)c2)N1. The number of carbonyl (C=O) groups is 2. The van der Waals surface area contributed by atoms with Crippen LogP contribution in [0.4, 0.5) is 5.69 Å². The van der Waals surface area contributed by atoms with E-state index in [1.807, 2.05) is 24.3 Å². The van der Waals surface area contributed by atoms with E-state index >= 15 is 0 Å². The first kappa shape index (κ1) is 17.5. The third kappa shape index (κ3) is 4.27. The Morgan fingerprint density at radius 2 is 2.00 bits per heavy atom. The fourth-order valence-corrected chi connectivity index (χ4v) is 3.70. The molecule has 2 fully saturated rings. The molecular weight excluding hydrogens is 342 g/mol. The van der Waals surface area contributed by atoms with Crippen molar-refractivity contribution in [2.75, 3.05) is 5.32 Å². The molecule has 0 spiro atoms. The average Bonchev–Trinajstić information content (AvgIpc) is 3.34. The van der Waals surface area contributed by atoms with Crippen molar-refractivity contribution in [1.29, 1.82) is 0 Å². The van der Waals surface area contributed by atoms with Crippen LogP contribution in [0.5, 0.6) is 5.75 Å². The van der Waals surface area contributed by atoms with Gasteiger partial charge in [0.15, 0.2) is 0 Å². The molecule has 1 saturated carbocycles. The first-order chi connectivity index (χ1) is 13.2. The summed E-state index contributed by atoms with van der Waals surface area (Å²) in [4.78, 5) is 28.2. The van der Waals surface area contributed by atoms with Crippen LogP contribution in [0, 0.1) is 0 Å². The molecule has 2 amide bonds. The normalized spacial score (nSPS) is 19.7. The van der Waals surface area contributed by atoms with Crippen molar-refractivity contribution < 1.29 is 14.3 Å². The van der Waals surface area contributed by atoms with Gasteiger partial charge in [0.05, 0.1) is 12.1 Å². The van der Waals surface area contributed by atoms with E-state index < -0.39 is 0 Å². The molecule has 1 atom stereocenters. The predicted molar refractivity (Wildman–Crippen MR) is 102 cm³/mol. The maximum Gasteiger partial charge on any atom is 0.274 e. The second kappa shape index (κ2) is 7.78. The summed E-state index contributed by atoms with van der Waals surface area (Å²) in [6.45, 7) is 0. The molecule has 140 valence electrons. The predicted octanol–water partition coefficient (Wildman–Crippen LogP) is 3.61. The molecule has 1 aromatic heterocycles. The number of benzene rings is 1. The second-order valence-electron chi connectivity index (χ2n) is 7.14. The topological polar surface area (TPSA) is 80.3 Å². The Hall–Kier alpha value is -2.89. The fourth-order valence-electron chi connectivity index (χ4n) is 3.70. The molecule has 1 saturated heterocycles. The number of nitrogens with zero attached hydrogens (tertiary/aromatic N) is 1. The van der Waals surface area contributed by atoms with E-state index in [-0.39, 0.29) is 24.0 Å². The first-order valence-electron chi connectivity index (χ1n) is 9.51. The number of hydrogen-bond acceptors (Lipinski definition) is 4. The molecular formula is C21H23N3O3. The zero-order valence-electron chi connectivity index (χ0n) is 15.1. The third-order valence-corrected chi connectivity index (χ3v) is 5.11. The van der Waals surface area contributed by atoms with Crippen molar-refractivity contribution in [3.63, 3.8) is 0 Å². The van der Waals surface area contributed by atoms with Crippen LogP contribution in [-0.2, 0) is 4.79 Å². The molecule has 1 unspecified atom stereocenters. The van der Waals surface area contributed by atoms with E-state index in [1.54, 1.807) is 18.3 Å². The van der Waals surface area contributed by atoms with Gasteiger partial charge in [-0.2, -0.15) is 0 Å². The minimum absolute atomic E-state index is 0.00983. The number of amides is 2. The molecule has 1 aliphatic carbocycles. The monoisotopic (exact) mass is 365 g/mol. The van der Waals surface area contributed by atoms with Gasteiger partial charge in [-0.15, -0.1) is 0 Å². The van der Waals surface area contributed by atoms with Crippen LogP contribution in [0.25, 0.3) is 0 Å². The summed E-state index contributed by atoms with van der Waals surface area (Å²) in [6.07, 6.45) is 7.67. The Bertz CT molecular complexity index is 846. The van der Waals surface area contributed by atoms with Crippen molar-refractivity contribution in [1.82, 2.24) is 10.3 Å². The number of aromatic nitrogens is 1. The van der Waals surface area contributed by atoms with Crippen LogP contribution in [0.2, 0.25) is 0 Å². The molecule has 0 radical (unpaired) electrons.